The zero-order chi connectivity index (χ0) is 11.6. The summed E-state index contributed by atoms with van der Waals surface area (Å²) < 4.78 is 6.14. The Hall–Kier alpha value is -1.01. The molecule has 2 nitrogen and oxygen atoms in total. The van der Waals surface area contributed by atoms with Gasteiger partial charge in [-0.2, -0.15) is 5.26 Å². The summed E-state index contributed by atoms with van der Waals surface area (Å²) >= 11 is 3.47. The zero-order valence-corrected chi connectivity index (χ0v) is 10.9. The molecule has 1 aromatic rings. The van der Waals surface area contributed by atoms with E-state index in [9.17, 15) is 5.26 Å². The summed E-state index contributed by atoms with van der Waals surface area (Å²) in [5.74, 6) is 0.836. The lowest BCUT2D eigenvalue weighted by molar-refractivity contribution is 0.214. The highest BCUT2D eigenvalue weighted by Crippen LogP contribution is 2.43. The summed E-state index contributed by atoms with van der Waals surface area (Å²) in [6, 6.07) is 8.51. The van der Waals surface area contributed by atoms with Gasteiger partial charge in [-0.25, -0.2) is 0 Å². The average molecular weight is 280 g/mol. The molecule has 0 amide bonds. The van der Waals surface area contributed by atoms with E-state index < -0.39 is 0 Å². The van der Waals surface area contributed by atoms with Gasteiger partial charge in [0, 0.05) is 0 Å². The predicted molar refractivity (Wildman–Crippen MR) is 66.3 cm³/mol. The van der Waals surface area contributed by atoms with E-state index in [-0.39, 0.29) is 5.41 Å². The minimum atomic E-state index is -0.103. The Morgan fingerprint density at radius 2 is 2.25 bits per heavy atom. The Kier molecular flexibility index (Phi) is 3.20. The standard InChI is InChI=1S/C13H14BrNO/c1-16-12-4-3-10(7-11(12)14)8-13(9-15)5-2-6-13/h3-4,7H,2,5-6,8H2,1H3. The highest BCUT2D eigenvalue weighted by atomic mass is 79.9. The first-order chi connectivity index (χ1) is 7.69. The van der Waals surface area contributed by atoms with E-state index in [1.807, 2.05) is 12.1 Å². The normalized spacial score (nSPS) is 17.3. The summed E-state index contributed by atoms with van der Waals surface area (Å²) in [5, 5.41) is 9.18. The van der Waals surface area contributed by atoms with Crippen LogP contribution in [0.1, 0.15) is 24.8 Å². The van der Waals surface area contributed by atoms with Crippen LogP contribution in [0, 0.1) is 16.7 Å². The predicted octanol–water partition coefficient (Wildman–Crippen LogP) is 3.69. The number of methoxy groups -OCH3 is 1. The first-order valence-electron chi connectivity index (χ1n) is 5.43. The number of rotatable bonds is 3. The smallest absolute Gasteiger partial charge is 0.133 e. The molecule has 0 aromatic heterocycles. The highest BCUT2D eigenvalue weighted by molar-refractivity contribution is 9.10. The minimum absolute atomic E-state index is 0.103. The molecule has 3 heteroatoms. The van der Waals surface area contributed by atoms with Crippen LogP contribution in [-0.2, 0) is 6.42 Å². The van der Waals surface area contributed by atoms with Crippen LogP contribution in [0.4, 0.5) is 0 Å². The van der Waals surface area contributed by atoms with E-state index >= 15 is 0 Å². The molecule has 0 radical (unpaired) electrons. The number of hydrogen-bond acceptors (Lipinski definition) is 2. The number of benzene rings is 1. The molecule has 2 rings (SSSR count). The van der Waals surface area contributed by atoms with Crippen molar-refractivity contribution in [3.05, 3.63) is 28.2 Å². The Morgan fingerprint density at radius 1 is 1.50 bits per heavy atom. The van der Waals surface area contributed by atoms with Gasteiger partial charge in [-0.05, 0) is 52.9 Å². The maximum atomic E-state index is 9.18. The lowest BCUT2D eigenvalue weighted by Gasteiger charge is -2.35. The molecule has 0 N–H and O–H groups in total. The van der Waals surface area contributed by atoms with Gasteiger partial charge in [0.25, 0.3) is 0 Å². The summed E-state index contributed by atoms with van der Waals surface area (Å²) in [6.45, 7) is 0. The largest absolute Gasteiger partial charge is 0.496 e. The van der Waals surface area contributed by atoms with E-state index in [1.165, 1.54) is 12.0 Å². The van der Waals surface area contributed by atoms with Gasteiger partial charge in [-0.1, -0.05) is 12.5 Å². The molecule has 1 saturated carbocycles. The fourth-order valence-corrected chi connectivity index (χ4v) is 2.73. The van der Waals surface area contributed by atoms with Crippen molar-refractivity contribution in [2.24, 2.45) is 5.41 Å². The van der Waals surface area contributed by atoms with Crippen LogP contribution in [-0.4, -0.2) is 7.11 Å². The fraction of sp³-hybridized carbons (Fsp3) is 0.462. The van der Waals surface area contributed by atoms with E-state index in [2.05, 4.69) is 28.1 Å². The van der Waals surface area contributed by atoms with Gasteiger partial charge in [-0.3, -0.25) is 0 Å². The van der Waals surface area contributed by atoms with Crippen LogP contribution < -0.4 is 4.74 Å². The van der Waals surface area contributed by atoms with Gasteiger partial charge in [0.15, 0.2) is 0 Å². The Balaban J connectivity index is 2.17. The monoisotopic (exact) mass is 279 g/mol. The zero-order valence-electron chi connectivity index (χ0n) is 9.29. The van der Waals surface area contributed by atoms with Crippen molar-refractivity contribution >= 4 is 15.9 Å². The van der Waals surface area contributed by atoms with Crippen LogP contribution >= 0.6 is 15.9 Å². The Morgan fingerprint density at radius 3 is 2.69 bits per heavy atom. The first kappa shape index (κ1) is 11.5. The second kappa shape index (κ2) is 4.47. The van der Waals surface area contributed by atoms with Crippen LogP contribution in [0.5, 0.6) is 5.75 Å². The van der Waals surface area contributed by atoms with E-state index in [0.29, 0.717) is 0 Å². The Labute approximate surface area is 104 Å². The molecule has 16 heavy (non-hydrogen) atoms. The number of nitriles is 1. The average Bonchev–Trinajstić information content (AvgIpc) is 2.24. The number of halogens is 1. The molecule has 1 aromatic carbocycles. The Bertz CT molecular complexity index is 432. The summed E-state index contributed by atoms with van der Waals surface area (Å²) in [5.41, 5.74) is 1.10. The maximum Gasteiger partial charge on any atom is 0.133 e. The molecule has 1 aliphatic rings. The third-order valence-electron chi connectivity index (χ3n) is 3.31. The fourth-order valence-electron chi connectivity index (χ4n) is 2.14. The number of ether oxygens (including phenoxy) is 1. The topological polar surface area (TPSA) is 33.0 Å². The van der Waals surface area contributed by atoms with Crippen molar-refractivity contribution < 1.29 is 4.74 Å². The second-order valence-electron chi connectivity index (χ2n) is 4.39. The third kappa shape index (κ3) is 2.08. The quantitative estimate of drug-likeness (QED) is 0.845. The van der Waals surface area contributed by atoms with E-state index in [4.69, 9.17) is 4.74 Å². The van der Waals surface area contributed by atoms with Crippen LogP contribution in [0.25, 0.3) is 0 Å². The molecular formula is C13H14BrNO. The SMILES string of the molecule is COc1ccc(CC2(C#N)CCC2)cc1Br. The molecule has 0 heterocycles. The molecule has 84 valence electrons. The molecule has 1 aliphatic carbocycles. The molecule has 0 spiro atoms. The van der Waals surface area contributed by atoms with Crippen molar-refractivity contribution in [2.45, 2.75) is 25.7 Å². The third-order valence-corrected chi connectivity index (χ3v) is 3.93. The van der Waals surface area contributed by atoms with Gasteiger partial charge in [0.05, 0.1) is 23.1 Å². The van der Waals surface area contributed by atoms with Crippen LogP contribution in [0.2, 0.25) is 0 Å². The molecule has 0 atom stereocenters. The minimum Gasteiger partial charge on any atom is -0.496 e. The maximum absolute atomic E-state index is 9.18. The number of nitrogens with zero attached hydrogens (tertiary/aromatic N) is 1. The summed E-state index contributed by atoms with van der Waals surface area (Å²) in [7, 11) is 1.66. The highest BCUT2D eigenvalue weighted by Gasteiger charge is 2.37. The van der Waals surface area contributed by atoms with Crippen molar-refractivity contribution in [1.82, 2.24) is 0 Å². The summed E-state index contributed by atoms with van der Waals surface area (Å²) in [6.07, 6.45) is 4.11. The summed E-state index contributed by atoms with van der Waals surface area (Å²) in [4.78, 5) is 0. The van der Waals surface area contributed by atoms with Crippen molar-refractivity contribution in [3.8, 4) is 11.8 Å². The van der Waals surface area contributed by atoms with Gasteiger partial charge >= 0.3 is 0 Å². The van der Waals surface area contributed by atoms with Crippen molar-refractivity contribution in [2.75, 3.05) is 7.11 Å². The van der Waals surface area contributed by atoms with E-state index in [1.54, 1.807) is 7.11 Å². The van der Waals surface area contributed by atoms with Gasteiger partial charge < -0.3 is 4.74 Å². The van der Waals surface area contributed by atoms with Crippen molar-refractivity contribution in [1.29, 1.82) is 5.26 Å². The van der Waals surface area contributed by atoms with Gasteiger partial charge in [-0.15, -0.1) is 0 Å². The lowest BCUT2D eigenvalue weighted by atomic mass is 9.66. The molecule has 1 fully saturated rings. The van der Waals surface area contributed by atoms with Gasteiger partial charge in [0.1, 0.15) is 5.75 Å². The second-order valence-corrected chi connectivity index (χ2v) is 5.25. The molecular weight excluding hydrogens is 266 g/mol. The van der Waals surface area contributed by atoms with Crippen LogP contribution in [0.15, 0.2) is 22.7 Å². The lowest BCUT2D eigenvalue weighted by Crippen LogP contribution is -2.29. The number of hydrogen-bond donors (Lipinski definition) is 0. The molecule has 0 saturated heterocycles. The van der Waals surface area contributed by atoms with Crippen molar-refractivity contribution in [3.63, 3.8) is 0 Å². The molecule has 0 unspecified atom stereocenters. The van der Waals surface area contributed by atoms with E-state index in [0.717, 1.165) is 29.5 Å². The molecule has 0 aliphatic heterocycles. The van der Waals surface area contributed by atoms with Crippen LogP contribution in [0.3, 0.4) is 0 Å². The molecule has 0 bridgehead atoms. The van der Waals surface area contributed by atoms with Gasteiger partial charge in [0.2, 0.25) is 0 Å². The first-order valence-corrected chi connectivity index (χ1v) is 6.22.